The topological polar surface area (TPSA) is 63.6 Å². The van der Waals surface area contributed by atoms with Crippen molar-refractivity contribution in [3.63, 3.8) is 0 Å². The average molecular weight is 212 g/mol. The number of ether oxygens (including phenoxy) is 1. The molecule has 0 spiro atoms. The van der Waals surface area contributed by atoms with E-state index in [2.05, 4.69) is 4.74 Å². The van der Waals surface area contributed by atoms with Crippen LogP contribution in [0.15, 0.2) is 0 Å². The number of carbonyl (C=O) groups excluding carboxylic acids is 1. The third-order valence-electron chi connectivity index (χ3n) is 1.84. The van der Waals surface area contributed by atoms with Crippen molar-refractivity contribution in [2.24, 2.45) is 5.41 Å². The summed E-state index contributed by atoms with van der Waals surface area (Å²) in [5, 5.41) is 8.73. The summed E-state index contributed by atoms with van der Waals surface area (Å²) in [7, 11) is 0. The van der Waals surface area contributed by atoms with Gasteiger partial charge in [0.2, 0.25) is 0 Å². The van der Waals surface area contributed by atoms with Gasteiger partial charge in [-0.05, 0) is 27.2 Å². The van der Waals surface area contributed by atoms with Gasteiger partial charge in [0.15, 0.2) is 0 Å². The molecule has 1 N–H and O–H groups in total. The first kappa shape index (κ1) is 16.4. The van der Waals surface area contributed by atoms with E-state index in [0.29, 0.717) is 13.0 Å². The van der Waals surface area contributed by atoms with E-state index < -0.39 is 11.4 Å². The van der Waals surface area contributed by atoms with Crippen LogP contribution in [0.4, 0.5) is 0 Å². The van der Waals surface area contributed by atoms with Crippen LogP contribution in [-0.4, -0.2) is 53.2 Å². The van der Waals surface area contributed by atoms with Gasteiger partial charge in [-0.25, -0.2) is 0 Å². The molecule has 0 aromatic rings. The summed E-state index contributed by atoms with van der Waals surface area (Å²) in [5.74, 6) is -1.23. The minimum atomic E-state index is -0.892. The second-order valence-corrected chi connectivity index (χ2v) is 3.49. The molecular weight excluding hydrogens is 195 g/mol. The van der Waals surface area contributed by atoms with Gasteiger partial charge in [-0.2, -0.15) is 0 Å². The van der Waals surface area contributed by atoms with Crippen molar-refractivity contribution in [2.75, 3.05) is 6.61 Å². The quantitative estimate of drug-likeness (QED) is 0.540. The Balaban J connectivity index is 0. The zero-order valence-corrected chi connectivity index (χ0v) is 8.29. The minimum absolute atomic E-state index is 0. The summed E-state index contributed by atoms with van der Waals surface area (Å²) in [6.45, 7) is 5.25. The number of hydrogen-bond donors (Lipinski definition) is 1. The number of hydrogen-bond acceptors (Lipinski definition) is 3. The van der Waals surface area contributed by atoms with Crippen LogP contribution < -0.4 is 0 Å². The molecule has 0 unspecified atom stereocenters. The van der Waals surface area contributed by atoms with Crippen molar-refractivity contribution in [2.45, 2.75) is 33.6 Å². The molecule has 0 rings (SSSR count). The van der Waals surface area contributed by atoms with Gasteiger partial charge in [0.05, 0.1) is 12.0 Å². The molecule has 0 saturated carbocycles. The molecule has 0 aliphatic heterocycles. The fourth-order valence-electron chi connectivity index (χ4n) is 0.755. The Hall–Kier alpha value is -0.0600. The molecule has 0 saturated heterocycles. The average Bonchev–Trinajstić information content (AvgIpc) is 2.01. The molecule has 0 aliphatic rings. The summed E-state index contributed by atoms with van der Waals surface area (Å²) in [5.41, 5.74) is -0.854. The van der Waals surface area contributed by atoms with Crippen LogP contribution in [0.25, 0.3) is 0 Å². The van der Waals surface area contributed by atoms with Crippen molar-refractivity contribution in [3.8, 4) is 0 Å². The molecular formula is C9H17NaO4. The van der Waals surface area contributed by atoms with E-state index in [1.54, 1.807) is 20.8 Å². The van der Waals surface area contributed by atoms with Crippen molar-refractivity contribution in [1.29, 1.82) is 0 Å². The number of aliphatic carboxylic acids is 1. The second-order valence-electron chi connectivity index (χ2n) is 3.49. The molecule has 0 aliphatic carbocycles. The van der Waals surface area contributed by atoms with Gasteiger partial charge in [-0.1, -0.05) is 0 Å². The molecule has 0 atom stereocenters. The number of esters is 1. The van der Waals surface area contributed by atoms with Crippen LogP contribution in [0.3, 0.4) is 0 Å². The summed E-state index contributed by atoms with van der Waals surface area (Å²) in [4.78, 5) is 21.5. The van der Waals surface area contributed by atoms with Crippen molar-refractivity contribution in [3.05, 3.63) is 0 Å². The van der Waals surface area contributed by atoms with Crippen LogP contribution in [0.1, 0.15) is 33.6 Å². The Morgan fingerprint density at radius 3 is 2.21 bits per heavy atom. The van der Waals surface area contributed by atoms with Crippen molar-refractivity contribution < 1.29 is 19.4 Å². The molecule has 0 bridgehead atoms. The Kier molecular flexibility index (Phi) is 8.49. The van der Waals surface area contributed by atoms with Crippen LogP contribution in [0.5, 0.6) is 0 Å². The van der Waals surface area contributed by atoms with Gasteiger partial charge < -0.3 is 9.84 Å². The molecule has 78 valence electrons. The van der Waals surface area contributed by atoms with Crippen LogP contribution >= 0.6 is 0 Å². The molecule has 0 radical (unpaired) electrons. The first-order chi connectivity index (χ1) is 5.90. The monoisotopic (exact) mass is 212 g/mol. The number of carbonyl (C=O) groups is 2. The van der Waals surface area contributed by atoms with Crippen LogP contribution in [-0.2, 0) is 14.3 Å². The molecule has 0 aromatic heterocycles. The van der Waals surface area contributed by atoms with Gasteiger partial charge >= 0.3 is 41.5 Å². The molecule has 0 heterocycles. The molecule has 4 nitrogen and oxygen atoms in total. The Morgan fingerprint density at radius 2 is 1.86 bits per heavy atom. The van der Waals surface area contributed by atoms with Gasteiger partial charge in [-0.15, -0.1) is 0 Å². The Morgan fingerprint density at radius 1 is 1.36 bits per heavy atom. The van der Waals surface area contributed by atoms with Crippen molar-refractivity contribution >= 4 is 41.5 Å². The van der Waals surface area contributed by atoms with Crippen molar-refractivity contribution in [1.82, 2.24) is 0 Å². The Labute approximate surface area is 106 Å². The maximum atomic E-state index is 10.9. The third-order valence-corrected chi connectivity index (χ3v) is 1.84. The van der Waals surface area contributed by atoms with Gasteiger partial charge in [0.1, 0.15) is 0 Å². The van der Waals surface area contributed by atoms with E-state index in [0.717, 1.165) is 0 Å². The zero-order valence-electron chi connectivity index (χ0n) is 8.29. The molecule has 14 heavy (non-hydrogen) atoms. The number of carboxylic acid groups (broad SMARTS) is 1. The summed E-state index contributed by atoms with van der Waals surface area (Å²) in [6, 6.07) is 0. The summed E-state index contributed by atoms with van der Waals surface area (Å²) in [6.07, 6.45) is 0.467. The van der Waals surface area contributed by atoms with E-state index in [9.17, 15) is 9.59 Å². The van der Waals surface area contributed by atoms with Crippen LogP contribution in [0.2, 0.25) is 0 Å². The fourth-order valence-corrected chi connectivity index (χ4v) is 0.755. The molecule has 0 fully saturated rings. The first-order valence-electron chi connectivity index (χ1n) is 4.29. The summed E-state index contributed by atoms with van der Waals surface area (Å²) >= 11 is 0. The van der Waals surface area contributed by atoms with E-state index in [4.69, 9.17) is 5.11 Å². The predicted molar refractivity (Wildman–Crippen MR) is 54.4 cm³/mol. The van der Waals surface area contributed by atoms with E-state index >= 15 is 0 Å². The standard InChI is InChI=1S/C9H16O4.Na.H/c1-4-13-7(10)5-6-9(2,3)8(11)12;;/h4-6H2,1-3H3,(H,11,12);;. The van der Waals surface area contributed by atoms with E-state index in [1.165, 1.54) is 0 Å². The van der Waals surface area contributed by atoms with Crippen LogP contribution in [0, 0.1) is 5.41 Å². The predicted octanol–water partition coefficient (Wildman–Crippen LogP) is 0.792. The first-order valence-corrected chi connectivity index (χ1v) is 4.29. The fraction of sp³-hybridized carbons (Fsp3) is 0.778. The number of rotatable bonds is 5. The number of carboxylic acids is 1. The SMILES string of the molecule is CCOC(=O)CCC(C)(C)C(=O)O.[NaH]. The molecule has 0 amide bonds. The third kappa shape index (κ3) is 6.40. The maximum absolute atomic E-state index is 10.9. The van der Waals surface area contributed by atoms with Gasteiger partial charge in [0.25, 0.3) is 0 Å². The Bertz CT molecular complexity index is 201. The molecule has 5 heteroatoms. The normalized spacial score (nSPS) is 10.2. The van der Waals surface area contributed by atoms with Gasteiger partial charge in [0, 0.05) is 6.42 Å². The van der Waals surface area contributed by atoms with E-state index in [1.807, 2.05) is 0 Å². The van der Waals surface area contributed by atoms with E-state index in [-0.39, 0.29) is 41.9 Å². The second kappa shape index (κ2) is 7.26. The zero-order chi connectivity index (χ0) is 10.5. The summed E-state index contributed by atoms with van der Waals surface area (Å²) < 4.78 is 4.69. The molecule has 0 aromatic carbocycles. The van der Waals surface area contributed by atoms with Gasteiger partial charge in [-0.3, -0.25) is 9.59 Å².